The van der Waals surface area contributed by atoms with E-state index in [0.717, 1.165) is 17.1 Å². The molecule has 0 fully saturated rings. The Kier molecular flexibility index (Phi) is 2.87. The number of nitrogens with one attached hydrogen (secondary N) is 1. The van der Waals surface area contributed by atoms with Crippen molar-refractivity contribution in [1.29, 1.82) is 0 Å². The average molecular weight is 240 g/mol. The van der Waals surface area contributed by atoms with Crippen molar-refractivity contribution in [2.45, 2.75) is 13.5 Å². The van der Waals surface area contributed by atoms with E-state index in [2.05, 4.69) is 15.5 Å². The number of halogens is 1. The Morgan fingerprint density at radius 1 is 1.50 bits per heavy atom. The van der Waals surface area contributed by atoms with Gasteiger partial charge in [-0.15, -0.1) is 0 Å². The zero-order valence-corrected chi connectivity index (χ0v) is 10.3. The molecule has 0 saturated carbocycles. The van der Waals surface area contributed by atoms with Gasteiger partial charge in [0.25, 0.3) is 0 Å². The zero-order valence-electron chi connectivity index (χ0n) is 9.53. The van der Waals surface area contributed by atoms with Gasteiger partial charge in [-0.2, -0.15) is 10.2 Å². The molecule has 0 saturated heterocycles. The second-order valence-electron chi connectivity index (χ2n) is 3.64. The normalized spacial score (nSPS) is 10.8. The molecule has 0 unspecified atom stereocenters. The van der Waals surface area contributed by atoms with E-state index < -0.39 is 0 Å². The van der Waals surface area contributed by atoms with E-state index in [1.807, 2.05) is 25.7 Å². The molecule has 0 bridgehead atoms. The third-order valence-corrected chi connectivity index (χ3v) is 2.70. The van der Waals surface area contributed by atoms with Crippen LogP contribution >= 0.6 is 11.6 Å². The molecule has 6 heteroatoms. The Labute approximate surface area is 99.0 Å². The number of aromatic nitrogens is 4. The summed E-state index contributed by atoms with van der Waals surface area (Å²) in [5.41, 5.74) is 2.13. The second kappa shape index (κ2) is 4.17. The van der Waals surface area contributed by atoms with Gasteiger partial charge in [-0.25, -0.2) is 0 Å². The molecule has 1 N–H and O–H groups in total. The first kappa shape index (κ1) is 11.0. The van der Waals surface area contributed by atoms with Gasteiger partial charge in [-0.1, -0.05) is 11.6 Å². The van der Waals surface area contributed by atoms with E-state index in [1.165, 1.54) is 0 Å². The van der Waals surface area contributed by atoms with Crippen LogP contribution < -0.4 is 5.32 Å². The van der Waals surface area contributed by atoms with E-state index >= 15 is 0 Å². The predicted octanol–water partition coefficient (Wildman–Crippen LogP) is 1.67. The lowest BCUT2D eigenvalue weighted by Crippen LogP contribution is -2.05. The molecule has 2 aromatic heterocycles. The van der Waals surface area contributed by atoms with Crippen molar-refractivity contribution >= 4 is 17.4 Å². The van der Waals surface area contributed by atoms with Crippen LogP contribution in [-0.2, 0) is 13.6 Å². The minimum Gasteiger partial charge on any atom is -0.373 e. The summed E-state index contributed by atoms with van der Waals surface area (Å²) >= 11 is 5.83. The smallest absolute Gasteiger partial charge is 0.129 e. The minimum atomic E-state index is 0.646. The maximum absolute atomic E-state index is 5.83. The summed E-state index contributed by atoms with van der Waals surface area (Å²) < 4.78 is 3.63. The van der Waals surface area contributed by atoms with Gasteiger partial charge in [0.15, 0.2) is 0 Å². The van der Waals surface area contributed by atoms with Crippen molar-refractivity contribution in [1.82, 2.24) is 19.6 Å². The van der Waals surface area contributed by atoms with Crippen LogP contribution in [0.25, 0.3) is 0 Å². The third kappa shape index (κ3) is 1.90. The van der Waals surface area contributed by atoms with Crippen LogP contribution in [-0.4, -0.2) is 26.6 Å². The Bertz CT molecular complexity index is 499. The van der Waals surface area contributed by atoms with E-state index in [-0.39, 0.29) is 0 Å². The molecule has 0 aliphatic carbocycles. The minimum absolute atomic E-state index is 0.646. The first-order chi connectivity index (χ1) is 7.61. The van der Waals surface area contributed by atoms with Crippen molar-refractivity contribution in [2.75, 3.05) is 12.4 Å². The van der Waals surface area contributed by atoms with Crippen LogP contribution in [0.2, 0.25) is 5.02 Å². The fourth-order valence-electron chi connectivity index (χ4n) is 1.79. The van der Waals surface area contributed by atoms with Crippen molar-refractivity contribution < 1.29 is 0 Å². The van der Waals surface area contributed by atoms with Crippen molar-refractivity contribution in [3.63, 3.8) is 0 Å². The fourth-order valence-corrected chi connectivity index (χ4v) is 1.95. The highest BCUT2D eigenvalue weighted by atomic mass is 35.5. The lowest BCUT2D eigenvalue weighted by molar-refractivity contribution is 0.685. The standard InChI is InChI=1S/C10H14ClN5/c1-7-9(10(12-2)15(3)14-7)6-16-5-8(11)4-13-16/h4-5,12H,6H2,1-3H3. The Morgan fingerprint density at radius 2 is 2.25 bits per heavy atom. The van der Waals surface area contributed by atoms with Crippen LogP contribution in [0.5, 0.6) is 0 Å². The lowest BCUT2D eigenvalue weighted by atomic mass is 10.2. The highest BCUT2D eigenvalue weighted by Gasteiger charge is 2.12. The van der Waals surface area contributed by atoms with Gasteiger partial charge in [-0.05, 0) is 6.92 Å². The number of aryl methyl sites for hydroxylation is 2. The van der Waals surface area contributed by atoms with Gasteiger partial charge < -0.3 is 5.32 Å². The molecule has 0 atom stereocenters. The summed E-state index contributed by atoms with van der Waals surface area (Å²) in [5, 5.41) is 12.3. The molecule has 5 nitrogen and oxygen atoms in total. The molecule has 2 heterocycles. The topological polar surface area (TPSA) is 47.7 Å². The molecular formula is C10H14ClN5. The molecule has 0 radical (unpaired) electrons. The average Bonchev–Trinajstić information content (AvgIpc) is 2.73. The number of rotatable bonds is 3. The first-order valence-electron chi connectivity index (χ1n) is 5.00. The van der Waals surface area contributed by atoms with E-state index in [1.54, 1.807) is 17.1 Å². The number of nitrogens with zero attached hydrogens (tertiary/aromatic N) is 4. The molecule has 0 spiro atoms. The molecule has 0 amide bonds. The Balaban J connectivity index is 2.33. The van der Waals surface area contributed by atoms with E-state index in [9.17, 15) is 0 Å². The van der Waals surface area contributed by atoms with Crippen molar-refractivity contribution in [3.8, 4) is 0 Å². The van der Waals surface area contributed by atoms with Crippen LogP contribution in [0.1, 0.15) is 11.3 Å². The molecule has 0 aliphatic heterocycles. The molecule has 2 rings (SSSR count). The molecule has 16 heavy (non-hydrogen) atoms. The summed E-state index contributed by atoms with van der Waals surface area (Å²) in [4.78, 5) is 0. The summed E-state index contributed by atoms with van der Waals surface area (Å²) in [7, 11) is 3.80. The molecule has 86 valence electrons. The summed E-state index contributed by atoms with van der Waals surface area (Å²) in [6.45, 7) is 2.66. The van der Waals surface area contributed by atoms with Crippen molar-refractivity contribution in [2.24, 2.45) is 7.05 Å². The van der Waals surface area contributed by atoms with E-state index in [4.69, 9.17) is 11.6 Å². The molecule has 0 aromatic carbocycles. The zero-order chi connectivity index (χ0) is 11.7. The van der Waals surface area contributed by atoms with E-state index in [0.29, 0.717) is 11.6 Å². The Morgan fingerprint density at radius 3 is 2.81 bits per heavy atom. The Hall–Kier alpha value is -1.49. The lowest BCUT2D eigenvalue weighted by Gasteiger charge is -2.05. The fraction of sp³-hybridized carbons (Fsp3) is 0.400. The summed E-state index contributed by atoms with van der Waals surface area (Å²) in [6, 6.07) is 0. The van der Waals surface area contributed by atoms with Crippen LogP contribution in [0.15, 0.2) is 12.4 Å². The van der Waals surface area contributed by atoms with Gasteiger partial charge >= 0.3 is 0 Å². The van der Waals surface area contributed by atoms with Crippen LogP contribution in [0, 0.1) is 6.92 Å². The maximum Gasteiger partial charge on any atom is 0.129 e. The molecule has 2 aromatic rings. The van der Waals surface area contributed by atoms with Crippen LogP contribution in [0.4, 0.5) is 5.82 Å². The highest BCUT2D eigenvalue weighted by molar-refractivity contribution is 6.30. The SMILES string of the molecule is CNc1c(Cn2cc(Cl)cn2)c(C)nn1C. The first-order valence-corrected chi connectivity index (χ1v) is 5.37. The van der Waals surface area contributed by atoms with Gasteiger partial charge in [0.05, 0.1) is 23.5 Å². The molecular weight excluding hydrogens is 226 g/mol. The predicted molar refractivity (Wildman–Crippen MR) is 63.8 cm³/mol. The maximum atomic E-state index is 5.83. The van der Waals surface area contributed by atoms with Gasteiger partial charge in [0.1, 0.15) is 5.82 Å². The van der Waals surface area contributed by atoms with Crippen LogP contribution in [0.3, 0.4) is 0 Å². The second-order valence-corrected chi connectivity index (χ2v) is 4.08. The number of anilines is 1. The monoisotopic (exact) mass is 239 g/mol. The van der Waals surface area contributed by atoms with Gasteiger partial charge in [0, 0.05) is 25.9 Å². The van der Waals surface area contributed by atoms with Gasteiger partial charge in [0.2, 0.25) is 0 Å². The largest absolute Gasteiger partial charge is 0.373 e. The van der Waals surface area contributed by atoms with Crippen molar-refractivity contribution in [3.05, 3.63) is 28.7 Å². The third-order valence-electron chi connectivity index (χ3n) is 2.50. The molecule has 0 aliphatic rings. The highest BCUT2D eigenvalue weighted by Crippen LogP contribution is 2.19. The number of hydrogen-bond donors (Lipinski definition) is 1. The van der Waals surface area contributed by atoms with Gasteiger partial charge in [-0.3, -0.25) is 9.36 Å². The quantitative estimate of drug-likeness (QED) is 0.887. The summed E-state index contributed by atoms with van der Waals surface area (Å²) in [6.07, 6.45) is 3.43. The summed E-state index contributed by atoms with van der Waals surface area (Å²) in [5.74, 6) is 1.00. The number of hydrogen-bond acceptors (Lipinski definition) is 3.